The van der Waals surface area contributed by atoms with Gasteiger partial charge in [-0.25, -0.2) is 22.2 Å². The van der Waals surface area contributed by atoms with Crippen LogP contribution in [0.2, 0.25) is 0 Å². The highest BCUT2D eigenvalue weighted by atomic mass is 32.2. The minimum absolute atomic E-state index is 0.00355. The molecule has 4 bridgehead atoms. The molecule has 1 aliphatic carbocycles. The molecular weight excluding hydrogens is 554 g/mol. The lowest BCUT2D eigenvalue weighted by Gasteiger charge is -2.41. The molecule has 5 rings (SSSR count). The van der Waals surface area contributed by atoms with Crippen molar-refractivity contribution in [1.29, 1.82) is 0 Å². The number of nitrogens with two attached hydrogens (primary N) is 1. The van der Waals surface area contributed by atoms with E-state index in [-0.39, 0.29) is 53.5 Å². The second kappa shape index (κ2) is 11.8. The summed E-state index contributed by atoms with van der Waals surface area (Å²) in [6.45, 7) is 1.83. The average molecular weight is 587 g/mol. The van der Waals surface area contributed by atoms with Gasteiger partial charge in [0.1, 0.15) is 38.6 Å². The Labute approximate surface area is 237 Å². The summed E-state index contributed by atoms with van der Waals surface area (Å²) in [5, 5.41) is 2.84. The molecule has 12 heteroatoms. The van der Waals surface area contributed by atoms with Crippen LogP contribution in [-0.4, -0.2) is 61.7 Å². The Morgan fingerprint density at radius 1 is 1.17 bits per heavy atom. The quantitative estimate of drug-likeness (QED) is 0.469. The molecule has 218 valence electrons. The maximum absolute atomic E-state index is 15.3. The van der Waals surface area contributed by atoms with Crippen molar-refractivity contribution < 1.29 is 31.5 Å². The van der Waals surface area contributed by atoms with E-state index in [2.05, 4.69) is 15.3 Å². The summed E-state index contributed by atoms with van der Waals surface area (Å²) >= 11 is 0. The predicted molar refractivity (Wildman–Crippen MR) is 150 cm³/mol. The van der Waals surface area contributed by atoms with E-state index in [0.717, 1.165) is 17.9 Å². The lowest BCUT2D eigenvalue weighted by Crippen LogP contribution is -2.48. The topological polar surface area (TPSA) is 134 Å². The van der Waals surface area contributed by atoms with Crippen LogP contribution in [0.1, 0.15) is 46.8 Å². The summed E-state index contributed by atoms with van der Waals surface area (Å²) < 4.78 is 65.9. The van der Waals surface area contributed by atoms with Crippen molar-refractivity contribution in [2.45, 2.75) is 44.2 Å². The number of aryl methyl sites for hydroxylation is 1. The third-order valence-corrected chi connectivity index (χ3v) is 8.51. The van der Waals surface area contributed by atoms with Crippen LogP contribution in [0.3, 0.4) is 0 Å². The largest absolute Gasteiger partial charge is 0.493 e. The molecule has 3 heterocycles. The van der Waals surface area contributed by atoms with Crippen molar-refractivity contribution in [3.63, 3.8) is 0 Å². The highest BCUT2D eigenvalue weighted by molar-refractivity contribution is 7.90. The summed E-state index contributed by atoms with van der Waals surface area (Å²) in [4.78, 5) is 21.7. The zero-order valence-electron chi connectivity index (χ0n) is 22.8. The van der Waals surface area contributed by atoms with Crippen molar-refractivity contribution >= 4 is 21.4 Å². The monoisotopic (exact) mass is 586 g/mol. The Balaban J connectivity index is 1.57. The highest BCUT2D eigenvalue weighted by Crippen LogP contribution is 2.42. The minimum atomic E-state index is -3.23. The van der Waals surface area contributed by atoms with Crippen LogP contribution in [0.4, 0.5) is 14.5 Å². The number of carbonyl (C=O) groups excluding carboxylic acids is 1. The molecule has 0 unspecified atom stereocenters. The predicted octanol–water partition coefficient (Wildman–Crippen LogP) is 4.02. The number of hydrogen-bond acceptors (Lipinski definition) is 8. The van der Waals surface area contributed by atoms with E-state index in [0.29, 0.717) is 30.5 Å². The zero-order chi connectivity index (χ0) is 29.3. The second-order valence-corrected chi connectivity index (χ2v) is 13.0. The highest BCUT2D eigenvalue weighted by Gasteiger charge is 2.38. The average Bonchev–Trinajstić information content (AvgIpc) is 2.89. The number of nitrogens with one attached hydrogen (secondary N) is 1. The Morgan fingerprint density at radius 3 is 2.76 bits per heavy atom. The first-order valence-electron chi connectivity index (χ1n) is 13.4. The molecule has 0 spiro atoms. The molecule has 3 N–H and O–H groups in total. The van der Waals surface area contributed by atoms with E-state index in [1.165, 1.54) is 18.3 Å². The molecule has 2 aliphatic rings. The van der Waals surface area contributed by atoms with Crippen LogP contribution < -0.4 is 15.8 Å². The summed E-state index contributed by atoms with van der Waals surface area (Å²) in [7, 11) is -3.23. The molecule has 4 atom stereocenters. The van der Waals surface area contributed by atoms with Gasteiger partial charge in [0.2, 0.25) is 0 Å². The lowest BCUT2D eigenvalue weighted by atomic mass is 9.72. The van der Waals surface area contributed by atoms with Gasteiger partial charge in [-0.15, -0.1) is 0 Å². The molecule has 9 nitrogen and oxygen atoms in total. The fourth-order valence-electron chi connectivity index (χ4n) is 5.71. The van der Waals surface area contributed by atoms with Crippen molar-refractivity contribution in [2.24, 2.45) is 11.7 Å². The molecule has 1 amide bonds. The first kappa shape index (κ1) is 29.0. The number of pyridine rings is 2. The van der Waals surface area contributed by atoms with Crippen molar-refractivity contribution in [3.05, 3.63) is 71.2 Å². The number of carbonyl (C=O) groups is 1. The van der Waals surface area contributed by atoms with Gasteiger partial charge >= 0.3 is 0 Å². The molecular formula is C29H32F2N4O5S. The first-order chi connectivity index (χ1) is 19.5. The summed E-state index contributed by atoms with van der Waals surface area (Å²) in [6, 6.07) is 6.56. The first-order valence-corrected chi connectivity index (χ1v) is 15.5. The van der Waals surface area contributed by atoms with E-state index < -0.39 is 39.5 Å². The van der Waals surface area contributed by atoms with Gasteiger partial charge in [0, 0.05) is 18.5 Å². The number of benzene rings is 1. The van der Waals surface area contributed by atoms with Gasteiger partial charge in [0.25, 0.3) is 5.91 Å². The molecule has 3 aromatic rings. The number of halogens is 2. The molecule has 1 saturated carbocycles. The number of aromatic nitrogens is 2. The van der Waals surface area contributed by atoms with Crippen molar-refractivity contribution in [3.8, 4) is 17.0 Å². The van der Waals surface area contributed by atoms with Gasteiger partial charge in [0.15, 0.2) is 0 Å². The maximum Gasteiger partial charge on any atom is 0.274 e. The van der Waals surface area contributed by atoms with Crippen molar-refractivity contribution in [1.82, 2.24) is 9.97 Å². The molecule has 2 aromatic heterocycles. The van der Waals surface area contributed by atoms with Crippen LogP contribution in [0.25, 0.3) is 11.3 Å². The number of amides is 1. The minimum Gasteiger partial charge on any atom is -0.493 e. The Hall–Kier alpha value is -3.48. The summed E-state index contributed by atoms with van der Waals surface area (Å²) in [5.41, 5.74) is 7.86. The number of ether oxygens (including phenoxy) is 2. The zero-order valence-corrected chi connectivity index (χ0v) is 23.6. The molecule has 0 radical (unpaired) electrons. The van der Waals surface area contributed by atoms with E-state index in [1.807, 2.05) is 6.07 Å². The van der Waals surface area contributed by atoms with Gasteiger partial charge in [-0.05, 0) is 79.5 Å². The van der Waals surface area contributed by atoms with E-state index in [9.17, 15) is 13.2 Å². The summed E-state index contributed by atoms with van der Waals surface area (Å²) in [6.07, 6.45) is 5.46. The van der Waals surface area contributed by atoms with Crippen LogP contribution in [0, 0.1) is 24.5 Å². The Morgan fingerprint density at radius 2 is 1.98 bits per heavy atom. The van der Waals surface area contributed by atoms with Crippen LogP contribution in [0.15, 0.2) is 42.7 Å². The van der Waals surface area contributed by atoms with Crippen LogP contribution in [-0.2, 0) is 14.6 Å². The standard InChI is InChI=1S/C29H32F2N4O5S/c1-16-11-21(31)26-25(12-16)39-8-6-17-13-18(14-22(32)28(17)40-9-10-41(2,37)38)19-5-7-33-15-24(19)35-29(36)23-4-3-20(30)27(26)34-23/h3-5,7,11-12,15,17-18,22,28H,6,8-10,13-14,32H2,1-2H3,(H,35,36)/t17-,18+,22+,28-/m0/s1. The molecule has 1 fully saturated rings. The smallest absolute Gasteiger partial charge is 0.274 e. The fraction of sp³-hybridized carbons (Fsp3) is 0.414. The van der Waals surface area contributed by atoms with Gasteiger partial charge in [-0.2, -0.15) is 0 Å². The van der Waals surface area contributed by atoms with Crippen LogP contribution >= 0.6 is 0 Å². The van der Waals surface area contributed by atoms with E-state index >= 15 is 8.78 Å². The van der Waals surface area contributed by atoms with Crippen molar-refractivity contribution in [2.75, 3.05) is 30.5 Å². The Bertz CT molecular complexity index is 1570. The van der Waals surface area contributed by atoms with Gasteiger partial charge < -0.3 is 20.5 Å². The number of sulfone groups is 1. The van der Waals surface area contributed by atoms with Gasteiger partial charge in [-0.1, -0.05) is 0 Å². The van der Waals surface area contributed by atoms with Gasteiger partial charge in [0.05, 0.1) is 42.5 Å². The third-order valence-electron chi connectivity index (χ3n) is 7.60. The normalized spacial score (nSPS) is 22.8. The lowest BCUT2D eigenvalue weighted by molar-refractivity contribution is -0.0273. The number of hydrogen-bond donors (Lipinski definition) is 2. The number of anilines is 1. The molecule has 1 aliphatic heterocycles. The molecule has 1 aromatic carbocycles. The van der Waals surface area contributed by atoms with E-state index in [1.54, 1.807) is 19.2 Å². The van der Waals surface area contributed by atoms with Gasteiger partial charge in [-0.3, -0.25) is 9.78 Å². The fourth-order valence-corrected chi connectivity index (χ4v) is 6.11. The number of nitrogens with zero attached hydrogens (tertiary/aromatic N) is 2. The molecule has 0 saturated heterocycles. The van der Waals surface area contributed by atoms with E-state index in [4.69, 9.17) is 15.2 Å². The SMILES string of the molecule is Cc1cc(F)c2c(c1)OCC[C@H]1C[C@H](C[C@@H](N)[C@H]1OCCS(C)(=O)=O)c1ccncc1NC(=O)c1ccc(F)c-2n1. The number of fused-ring (bicyclic) bond motifs is 8. The number of rotatable bonds is 4. The molecule has 41 heavy (non-hydrogen) atoms. The third kappa shape index (κ3) is 6.55. The second-order valence-electron chi connectivity index (χ2n) is 10.8. The maximum atomic E-state index is 15.3. The van der Waals surface area contributed by atoms with Crippen LogP contribution in [0.5, 0.6) is 5.75 Å². The Kier molecular flexibility index (Phi) is 8.35. The summed E-state index contributed by atoms with van der Waals surface area (Å²) in [5.74, 6) is -2.40.